The van der Waals surface area contributed by atoms with E-state index in [4.69, 9.17) is 14.2 Å². The van der Waals surface area contributed by atoms with Gasteiger partial charge in [0.1, 0.15) is 13.2 Å². The summed E-state index contributed by atoms with van der Waals surface area (Å²) >= 11 is 0. The quantitative estimate of drug-likeness (QED) is 0.0261. The van der Waals surface area contributed by atoms with Crippen LogP contribution >= 0.6 is 0 Å². The molecule has 0 saturated carbocycles. The van der Waals surface area contributed by atoms with Crippen LogP contribution in [0.3, 0.4) is 0 Å². The summed E-state index contributed by atoms with van der Waals surface area (Å²) in [5.41, 5.74) is 0. The van der Waals surface area contributed by atoms with E-state index < -0.39 is 6.10 Å². The summed E-state index contributed by atoms with van der Waals surface area (Å²) in [6.45, 7) is 6.58. The minimum absolute atomic E-state index is 0.0717. The van der Waals surface area contributed by atoms with Gasteiger partial charge in [0.2, 0.25) is 0 Å². The van der Waals surface area contributed by atoms with Crippen molar-refractivity contribution in [2.45, 2.75) is 367 Å². The van der Waals surface area contributed by atoms with Crippen molar-refractivity contribution in [1.82, 2.24) is 0 Å². The largest absolute Gasteiger partial charge is 0.462 e. The summed E-state index contributed by atoms with van der Waals surface area (Å²) in [5, 5.41) is 0. The van der Waals surface area contributed by atoms with Gasteiger partial charge in [-0.3, -0.25) is 14.4 Å². The zero-order valence-electron chi connectivity index (χ0n) is 49.9. The predicted molar refractivity (Wildman–Crippen MR) is 321 cm³/mol. The first-order chi connectivity index (χ1) is 36.5. The van der Waals surface area contributed by atoms with Gasteiger partial charge in [-0.15, -0.1) is 0 Å². The highest BCUT2D eigenvalue weighted by molar-refractivity contribution is 5.71. The molecule has 0 aromatic heterocycles. The van der Waals surface area contributed by atoms with E-state index in [9.17, 15) is 14.4 Å². The van der Waals surface area contributed by atoms with Crippen LogP contribution < -0.4 is 0 Å². The van der Waals surface area contributed by atoms with Crippen LogP contribution in [0.4, 0.5) is 0 Å². The van der Waals surface area contributed by atoms with Crippen LogP contribution in [0.1, 0.15) is 361 Å². The van der Waals surface area contributed by atoms with Crippen molar-refractivity contribution in [3.63, 3.8) is 0 Å². The van der Waals surface area contributed by atoms with E-state index in [-0.39, 0.29) is 31.1 Å². The van der Waals surface area contributed by atoms with Crippen LogP contribution in [-0.2, 0) is 28.6 Å². The highest BCUT2D eigenvalue weighted by Gasteiger charge is 2.19. The molecule has 6 heteroatoms. The molecule has 74 heavy (non-hydrogen) atoms. The van der Waals surface area contributed by atoms with E-state index in [1.54, 1.807) is 0 Å². The van der Waals surface area contributed by atoms with Gasteiger partial charge in [-0.2, -0.15) is 0 Å². The zero-order chi connectivity index (χ0) is 53.6. The molecule has 0 rings (SSSR count). The zero-order valence-corrected chi connectivity index (χ0v) is 49.9. The molecule has 1 unspecified atom stereocenters. The SMILES string of the molecule is CCCCCC/C=C\C/C=C\CCCCCCCCCC(=O)OC(COC(=O)CCCCCCC)COC(=O)CCCCCCCCCCCCCCCCCCCCCCC/C=C\CCCCCCCCCC. The second kappa shape index (κ2) is 63.2. The number of esters is 3. The second-order valence-electron chi connectivity index (χ2n) is 22.4. The Balaban J connectivity index is 3.90. The topological polar surface area (TPSA) is 78.9 Å². The molecule has 6 nitrogen and oxygen atoms in total. The molecule has 0 radical (unpaired) electrons. The van der Waals surface area contributed by atoms with Crippen molar-refractivity contribution >= 4 is 17.9 Å². The first kappa shape index (κ1) is 71.6. The number of allylic oxidation sites excluding steroid dienone is 6. The minimum atomic E-state index is -0.770. The summed E-state index contributed by atoms with van der Waals surface area (Å²) in [5.74, 6) is -0.875. The second-order valence-corrected chi connectivity index (χ2v) is 22.4. The van der Waals surface area contributed by atoms with Gasteiger partial charge in [0.25, 0.3) is 0 Å². The van der Waals surface area contributed by atoms with Gasteiger partial charge in [-0.1, -0.05) is 301 Å². The van der Waals surface area contributed by atoms with E-state index >= 15 is 0 Å². The molecular formula is C68H126O6. The number of carbonyl (C=O) groups is 3. The van der Waals surface area contributed by atoms with Gasteiger partial charge in [0.05, 0.1) is 0 Å². The normalized spacial score (nSPS) is 12.2. The molecule has 1 atom stereocenters. The number of hydrogen-bond acceptors (Lipinski definition) is 6. The standard InChI is InChI=1S/C68H126O6/c1-4-7-10-13-15-17-19-21-23-25-27-28-29-30-31-32-33-34-35-36-37-38-39-40-41-43-44-46-48-50-52-55-58-61-67(70)73-64-65(63-72-66(69)60-57-54-12-9-6-3)74-68(71)62-59-56-53-51-49-47-45-42-26-24-22-20-18-16-14-11-8-5-2/h18,20,24-27,65H,4-17,19,21-23,28-64H2,1-3H3/b20-18-,26-24-,27-25-. The lowest BCUT2D eigenvalue weighted by molar-refractivity contribution is -0.167. The Morgan fingerprint density at radius 1 is 0.270 bits per heavy atom. The summed E-state index contributed by atoms with van der Waals surface area (Å²) in [7, 11) is 0. The Morgan fingerprint density at radius 3 is 0.770 bits per heavy atom. The Morgan fingerprint density at radius 2 is 0.486 bits per heavy atom. The van der Waals surface area contributed by atoms with Gasteiger partial charge in [-0.05, 0) is 77.0 Å². The molecule has 0 N–H and O–H groups in total. The first-order valence-electron chi connectivity index (χ1n) is 33.0. The number of unbranched alkanes of at least 4 members (excludes halogenated alkanes) is 44. The van der Waals surface area contributed by atoms with Crippen LogP contribution in [0, 0.1) is 0 Å². The Bertz CT molecular complexity index is 1240. The molecule has 0 spiro atoms. The molecule has 0 saturated heterocycles. The fraction of sp³-hybridized carbons (Fsp3) is 0.868. The van der Waals surface area contributed by atoms with Crippen molar-refractivity contribution in [2.24, 2.45) is 0 Å². The minimum Gasteiger partial charge on any atom is -0.462 e. The highest BCUT2D eigenvalue weighted by Crippen LogP contribution is 2.18. The van der Waals surface area contributed by atoms with Crippen LogP contribution in [-0.4, -0.2) is 37.2 Å². The maximum Gasteiger partial charge on any atom is 0.306 e. The number of hydrogen-bond donors (Lipinski definition) is 0. The number of carbonyl (C=O) groups excluding carboxylic acids is 3. The highest BCUT2D eigenvalue weighted by atomic mass is 16.6. The molecule has 434 valence electrons. The molecule has 0 aliphatic heterocycles. The van der Waals surface area contributed by atoms with Gasteiger partial charge < -0.3 is 14.2 Å². The lowest BCUT2D eigenvalue weighted by Crippen LogP contribution is -2.30. The van der Waals surface area contributed by atoms with E-state index in [2.05, 4.69) is 57.2 Å². The number of ether oxygens (including phenoxy) is 3. The van der Waals surface area contributed by atoms with Gasteiger partial charge in [0, 0.05) is 19.3 Å². The first-order valence-corrected chi connectivity index (χ1v) is 33.0. The molecule has 0 amide bonds. The van der Waals surface area contributed by atoms with Gasteiger partial charge in [-0.25, -0.2) is 0 Å². The fourth-order valence-corrected chi connectivity index (χ4v) is 9.88. The molecule has 0 aromatic carbocycles. The van der Waals surface area contributed by atoms with Crippen molar-refractivity contribution < 1.29 is 28.6 Å². The molecule has 0 aliphatic carbocycles. The van der Waals surface area contributed by atoms with E-state index in [0.29, 0.717) is 19.3 Å². The van der Waals surface area contributed by atoms with Crippen molar-refractivity contribution in [3.8, 4) is 0 Å². The predicted octanol–water partition coefficient (Wildman–Crippen LogP) is 22.4. The Labute approximate surface area is 461 Å². The lowest BCUT2D eigenvalue weighted by Gasteiger charge is -2.18. The monoisotopic (exact) mass is 1040 g/mol. The maximum atomic E-state index is 12.8. The van der Waals surface area contributed by atoms with Crippen molar-refractivity contribution in [3.05, 3.63) is 36.5 Å². The number of rotatable bonds is 61. The van der Waals surface area contributed by atoms with Gasteiger partial charge >= 0.3 is 17.9 Å². The lowest BCUT2D eigenvalue weighted by atomic mass is 10.0. The smallest absolute Gasteiger partial charge is 0.306 e. The average molecular weight is 1040 g/mol. The van der Waals surface area contributed by atoms with Crippen molar-refractivity contribution in [2.75, 3.05) is 13.2 Å². The summed E-state index contributed by atoms with van der Waals surface area (Å²) in [6, 6.07) is 0. The summed E-state index contributed by atoms with van der Waals surface area (Å²) < 4.78 is 16.8. The molecular weight excluding hydrogens is 913 g/mol. The van der Waals surface area contributed by atoms with Crippen LogP contribution in [0.15, 0.2) is 36.5 Å². The molecule has 0 aromatic rings. The molecule has 0 fully saturated rings. The summed E-state index contributed by atoms with van der Waals surface area (Å²) in [6.07, 6.45) is 78.0. The Hall–Kier alpha value is -2.37. The third kappa shape index (κ3) is 60.5. The van der Waals surface area contributed by atoms with E-state index in [0.717, 1.165) is 77.0 Å². The maximum absolute atomic E-state index is 12.8. The van der Waals surface area contributed by atoms with Crippen molar-refractivity contribution in [1.29, 1.82) is 0 Å². The average Bonchev–Trinajstić information content (AvgIpc) is 3.40. The van der Waals surface area contributed by atoms with Crippen LogP contribution in [0.25, 0.3) is 0 Å². The third-order valence-corrected chi connectivity index (χ3v) is 14.9. The molecule has 0 aliphatic rings. The fourth-order valence-electron chi connectivity index (χ4n) is 9.88. The third-order valence-electron chi connectivity index (χ3n) is 14.9. The summed E-state index contributed by atoms with van der Waals surface area (Å²) in [4.78, 5) is 37.9. The van der Waals surface area contributed by atoms with E-state index in [1.165, 1.54) is 244 Å². The molecule has 0 bridgehead atoms. The molecule has 0 heterocycles. The van der Waals surface area contributed by atoms with Gasteiger partial charge in [0.15, 0.2) is 6.10 Å². The van der Waals surface area contributed by atoms with Crippen LogP contribution in [0.2, 0.25) is 0 Å². The Kier molecular flexibility index (Phi) is 61.1. The van der Waals surface area contributed by atoms with E-state index in [1.807, 2.05) is 0 Å². The van der Waals surface area contributed by atoms with Crippen LogP contribution in [0.5, 0.6) is 0 Å².